The fourth-order valence-electron chi connectivity index (χ4n) is 1.51. The van der Waals surface area contributed by atoms with E-state index in [4.69, 9.17) is 0 Å². The first-order chi connectivity index (χ1) is 7.56. The molecule has 0 radical (unpaired) electrons. The van der Waals surface area contributed by atoms with Gasteiger partial charge < -0.3 is 5.32 Å². The molecule has 16 heavy (non-hydrogen) atoms. The summed E-state index contributed by atoms with van der Waals surface area (Å²) in [4.78, 5) is 27.9. The molecule has 0 bridgehead atoms. The Balaban J connectivity index is 2.04. The van der Waals surface area contributed by atoms with Crippen LogP contribution in [-0.2, 0) is 9.59 Å². The van der Waals surface area contributed by atoms with Crippen LogP contribution in [-0.4, -0.2) is 22.8 Å². The largest absolute Gasteiger partial charge is 0.350 e. The third kappa shape index (κ3) is 2.21. The van der Waals surface area contributed by atoms with E-state index in [1.807, 2.05) is 13.8 Å². The molecular formula is C10H13N3O2S. The number of amides is 2. The monoisotopic (exact) mass is 239 g/mol. The lowest BCUT2D eigenvalue weighted by molar-refractivity contribution is -0.133. The molecule has 6 heteroatoms. The summed E-state index contributed by atoms with van der Waals surface area (Å²) in [7, 11) is 0. The van der Waals surface area contributed by atoms with Crippen LogP contribution in [0.4, 0.5) is 5.13 Å². The molecule has 1 fully saturated rings. The van der Waals surface area contributed by atoms with Crippen molar-refractivity contribution in [1.29, 1.82) is 0 Å². The molecule has 1 saturated heterocycles. The van der Waals surface area contributed by atoms with Crippen LogP contribution < -0.4 is 10.6 Å². The van der Waals surface area contributed by atoms with E-state index in [2.05, 4.69) is 15.6 Å². The standard InChI is InChI=1S/C10H13N3O2S/c1-5-6(2)16-10(11-5)12-7-3-4-8(14)13-9(7)15/h7H,3-4H2,1-2H3,(H,11,12)(H,13,14,15). The minimum absolute atomic E-state index is 0.199. The lowest BCUT2D eigenvalue weighted by Crippen LogP contribution is -2.47. The zero-order valence-electron chi connectivity index (χ0n) is 9.16. The number of anilines is 1. The molecule has 0 aliphatic carbocycles. The van der Waals surface area contributed by atoms with Gasteiger partial charge in [-0.1, -0.05) is 0 Å². The summed E-state index contributed by atoms with van der Waals surface area (Å²) in [5, 5.41) is 6.10. The molecule has 1 aliphatic heterocycles. The number of thiazole rings is 1. The van der Waals surface area contributed by atoms with E-state index >= 15 is 0 Å². The highest BCUT2D eigenvalue weighted by molar-refractivity contribution is 7.15. The van der Waals surface area contributed by atoms with Crippen LogP contribution in [0.2, 0.25) is 0 Å². The maximum atomic E-state index is 11.5. The molecule has 0 saturated carbocycles. The Labute approximate surface area is 97.3 Å². The number of aromatic nitrogens is 1. The van der Waals surface area contributed by atoms with Crippen LogP contribution in [0, 0.1) is 13.8 Å². The number of hydrogen-bond acceptors (Lipinski definition) is 5. The topological polar surface area (TPSA) is 71.1 Å². The average molecular weight is 239 g/mol. The van der Waals surface area contributed by atoms with Crippen LogP contribution in [0.25, 0.3) is 0 Å². The lowest BCUT2D eigenvalue weighted by atomic mass is 10.1. The summed E-state index contributed by atoms with van der Waals surface area (Å²) in [5.41, 5.74) is 0.972. The van der Waals surface area contributed by atoms with E-state index in [1.54, 1.807) is 0 Å². The van der Waals surface area contributed by atoms with Crippen molar-refractivity contribution >= 4 is 28.3 Å². The van der Waals surface area contributed by atoms with E-state index in [9.17, 15) is 9.59 Å². The third-order valence-electron chi connectivity index (χ3n) is 2.57. The Kier molecular flexibility index (Phi) is 2.91. The first-order valence-electron chi connectivity index (χ1n) is 5.10. The van der Waals surface area contributed by atoms with Crippen LogP contribution in [0.1, 0.15) is 23.4 Å². The molecule has 2 rings (SSSR count). The Hall–Kier alpha value is -1.43. The number of hydrogen-bond donors (Lipinski definition) is 2. The quantitative estimate of drug-likeness (QED) is 0.755. The van der Waals surface area contributed by atoms with Crippen LogP contribution in [0.5, 0.6) is 0 Å². The number of rotatable bonds is 2. The number of carbonyl (C=O) groups excluding carboxylic acids is 2. The summed E-state index contributed by atoms with van der Waals surface area (Å²) >= 11 is 1.52. The van der Waals surface area contributed by atoms with Crippen molar-refractivity contribution in [3.05, 3.63) is 10.6 Å². The van der Waals surface area contributed by atoms with Gasteiger partial charge in [-0.25, -0.2) is 4.98 Å². The lowest BCUT2D eigenvalue weighted by Gasteiger charge is -2.21. The summed E-state index contributed by atoms with van der Waals surface area (Å²) in [6, 6.07) is -0.345. The summed E-state index contributed by atoms with van der Waals surface area (Å²) in [5.74, 6) is -0.462. The zero-order chi connectivity index (χ0) is 11.7. The second kappa shape index (κ2) is 4.21. The molecule has 5 nitrogen and oxygen atoms in total. The highest BCUT2D eigenvalue weighted by atomic mass is 32.1. The van der Waals surface area contributed by atoms with E-state index in [1.165, 1.54) is 11.3 Å². The van der Waals surface area contributed by atoms with Crippen molar-refractivity contribution in [1.82, 2.24) is 10.3 Å². The van der Waals surface area contributed by atoms with Crippen LogP contribution in [0.15, 0.2) is 0 Å². The number of carbonyl (C=O) groups is 2. The normalized spacial score (nSPS) is 20.8. The minimum Gasteiger partial charge on any atom is -0.350 e. The number of aryl methyl sites for hydroxylation is 2. The molecule has 86 valence electrons. The smallest absolute Gasteiger partial charge is 0.249 e. The maximum Gasteiger partial charge on any atom is 0.249 e. The first kappa shape index (κ1) is 11.1. The van der Waals surface area contributed by atoms with Gasteiger partial charge >= 0.3 is 0 Å². The fraction of sp³-hybridized carbons (Fsp3) is 0.500. The van der Waals surface area contributed by atoms with Gasteiger partial charge in [-0.15, -0.1) is 11.3 Å². The van der Waals surface area contributed by atoms with E-state index in [-0.39, 0.29) is 17.9 Å². The van der Waals surface area contributed by atoms with Crippen molar-refractivity contribution in [3.63, 3.8) is 0 Å². The molecule has 0 spiro atoms. The van der Waals surface area contributed by atoms with E-state index in [0.29, 0.717) is 12.8 Å². The molecule has 0 aromatic carbocycles. The Morgan fingerprint density at radius 3 is 2.75 bits per heavy atom. The SMILES string of the molecule is Cc1nc(NC2CCC(=O)NC2=O)sc1C. The van der Waals surface area contributed by atoms with Gasteiger partial charge in [0.05, 0.1) is 5.69 Å². The van der Waals surface area contributed by atoms with Crippen molar-refractivity contribution in [2.75, 3.05) is 5.32 Å². The molecule has 1 unspecified atom stereocenters. The van der Waals surface area contributed by atoms with Gasteiger partial charge in [0.1, 0.15) is 6.04 Å². The summed E-state index contributed by atoms with van der Waals surface area (Å²) < 4.78 is 0. The van der Waals surface area contributed by atoms with Crippen molar-refractivity contribution < 1.29 is 9.59 Å². The second-order valence-electron chi connectivity index (χ2n) is 3.81. The van der Waals surface area contributed by atoms with Crippen LogP contribution in [0.3, 0.4) is 0 Å². The van der Waals surface area contributed by atoms with Gasteiger partial charge in [-0.05, 0) is 20.3 Å². The number of nitrogens with zero attached hydrogens (tertiary/aromatic N) is 1. The van der Waals surface area contributed by atoms with Gasteiger partial charge in [0, 0.05) is 11.3 Å². The molecule has 2 N–H and O–H groups in total. The molecule has 1 aromatic rings. The molecule has 1 atom stereocenters. The third-order valence-corrected chi connectivity index (χ3v) is 3.57. The number of piperidine rings is 1. The van der Waals surface area contributed by atoms with Crippen molar-refractivity contribution in [2.24, 2.45) is 0 Å². The second-order valence-corrected chi connectivity index (χ2v) is 5.01. The van der Waals surface area contributed by atoms with Gasteiger partial charge in [0.25, 0.3) is 0 Å². The van der Waals surface area contributed by atoms with Crippen molar-refractivity contribution in [3.8, 4) is 0 Å². The predicted octanol–water partition coefficient (Wildman–Crippen LogP) is 0.977. The first-order valence-corrected chi connectivity index (χ1v) is 5.92. The molecule has 1 aromatic heterocycles. The van der Waals surface area contributed by atoms with Gasteiger partial charge in [0.15, 0.2) is 5.13 Å². The predicted molar refractivity (Wildman–Crippen MR) is 61.4 cm³/mol. The van der Waals surface area contributed by atoms with Gasteiger partial charge in [-0.2, -0.15) is 0 Å². The van der Waals surface area contributed by atoms with Crippen molar-refractivity contribution in [2.45, 2.75) is 32.7 Å². The Bertz CT molecular complexity index is 422. The number of nitrogens with one attached hydrogen (secondary N) is 2. The molecular weight excluding hydrogens is 226 g/mol. The highest BCUT2D eigenvalue weighted by Crippen LogP contribution is 2.23. The molecule has 2 amide bonds. The van der Waals surface area contributed by atoms with E-state index < -0.39 is 0 Å². The van der Waals surface area contributed by atoms with Gasteiger partial charge in [-0.3, -0.25) is 14.9 Å². The fourth-order valence-corrected chi connectivity index (χ4v) is 2.38. The van der Waals surface area contributed by atoms with Gasteiger partial charge in [0.2, 0.25) is 11.8 Å². The molecule has 2 heterocycles. The Morgan fingerprint density at radius 2 is 2.19 bits per heavy atom. The number of imide groups is 1. The maximum absolute atomic E-state index is 11.5. The minimum atomic E-state index is -0.345. The van der Waals surface area contributed by atoms with Crippen LogP contribution >= 0.6 is 11.3 Å². The zero-order valence-corrected chi connectivity index (χ0v) is 9.98. The Morgan fingerprint density at radius 1 is 1.44 bits per heavy atom. The molecule has 1 aliphatic rings. The highest BCUT2D eigenvalue weighted by Gasteiger charge is 2.27. The summed E-state index contributed by atoms with van der Waals surface area (Å²) in [6.45, 7) is 3.92. The van der Waals surface area contributed by atoms with E-state index in [0.717, 1.165) is 15.7 Å². The summed E-state index contributed by atoms with van der Waals surface area (Å²) in [6.07, 6.45) is 0.912. The average Bonchev–Trinajstić information content (AvgIpc) is 2.51.